The third-order valence-corrected chi connectivity index (χ3v) is 10.7. The Kier molecular flexibility index (Phi) is 14.9. The number of aliphatic hydroxyl groups excluding tert-OH is 1. The van der Waals surface area contributed by atoms with E-state index in [9.17, 15) is 9.59 Å². The van der Waals surface area contributed by atoms with Gasteiger partial charge in [-0.3, -0.25) is 4.79 Å². The number of ketones is 1. The van der Waals surface area contributed by atoms with E-state index in [0.29, 0.717) is 29.7 Å². The maximum Gasteiger partial charge on any atom is 0.331 e. The highest BCUT2D eigenvalue weighted by Crippen LogP contribution is 2.30. The van der Waals surface area contributed by atoms with Crippen LogP contribution in [0.4, 0.5) is 0 Å². The maximum absolute atomic E-state index is 13.4. The molecule has 8 aromatic rings. The number of fused-ring (bicyclic) bond motifs is 6. The monoisotopic (exact) mass is 828 g/mol. The molecule has 10 nitrogen and oxygen atoms in total. The van der Waals surface area contributed by atoms with Gasteiger partial charge in [-0.15, -0.1) is 0 Å². The van der Waals surface area contributed by atoms with Crippen molar-refractivity contribution in [2.24, 2.45) is 10.3 Å². The topological polar surface area (TPSA) is 146 Å². The molecule has 316 valence electrons. The minimum atomic E-state index is -0.479. The lowest BCUT2D eigenvalue weighted by atomic mass is 9.97. The predicted molar refractivity (Wildman–Crippen MR) is 250 cm³/mol. The van der Waals surface area contributed by atoms with E-state index in [-0.39, 0.29) is 12.4 Å². The number of benzene rings is 6. The summed E-state index contributed by atoms with van der Waals surface area (Å²) in [6.07, 6.45) is 3.62. The molecule has 0 saturated heterocycles. The molecule has 0 fully saturated rings. The van der Waals surface area contributed by atoms with Crippen LogP contribution in [0.25, 0.3) is 43.6 Å². The highest BCUT2D eigenvalue weighted by molar-refractivity contribution is 6.16. The zero-order chi connectivity index (χ0) is 44.2. The molecule has 2 heterocycles. The normalized spacial score (nSPS) is 11.5. The fraction of sp³-hybridized carbons (Fsp3) is 0.212. The number of nitrogens with one attached hydrogen (secondary N) is 2. The van der Waals surface area contributed by atoms with E-state index in [1.54, 1.807) is 7.11 Å². The lowest BCUT2D eigenvalue weighted by Crippen LogP contribution is -2.06. The van der Waals surface area contributed by atoms with Crippen LogP contribution in [0, 0.1) is 20.8 Å². The van der Waals surface area contributed by atoms with Crippen molar-refractivity contribution < 1.29 is 29.2 Å². The Morgan fingerprint density at radius 3 is 1.60 bits per heavy atom. The van der Waals surface area contributed by atoms with Gasteiger partial charge in [0.2, 0.25) is 0 Å². The largest absolute Gasteiger partial charge is 0.399 e. The van der Waals surface area contributed by atoms with Crippen LogP contribution < -0.4 is 0 Å². The van der Waals surface area contributed by atoms with Gasteiger partial charge in [-0.25, -0.2) is 4.79 Å². The number of nitrogens with zero attached hydrogens (tertiary/aromatic N) is 2. The summed E-state index contributed by atoms with van der Waals surface area (Å²) >= 11 is 0. The van der Waals surface area contributed by atoms with Gasteiger partial charge in [0.15, 0.2) is 5.78 Å². The van der Waals surface area contributed by atoms with E-state index >= 15 is 0 Å². The maximum atomic E-state index is 13.4. The van der Waals surface area contributed by atoms with Crippen LogP contribution in [-0.4, -0.2) is 51.6 Å². The van der Waals surface area contributed by atoms with Gasteiger partial charge >= 0.3 is 5.97 Å². The lowest BCUT2D eigenvalue weighted by molar-refractivity contribution is -0.140. The molecule has 0 unspecified atom stereocenters. The molecule has 0 bridgehead atoms. The molecule has 3 N–H and O–H groups in total. The Labute approximate surface area is 361 Å². The van der Waals surface area contributed by atoms with Gasteiger partial charge in [-0.1, -0.05) is 82.6 Å². The Balaban J connectivity index is 0.000000466. The first kappa shape index (κ1) is 44.4. The van der Waals surface area contributed by atoms with Gasteiger partial charge < -0.3 is 29.5 Å². The number of oxime groups is 2. The molecule has 10 heteroatoms. The summed E-state index contributed by atoms with van der Waals surface area (Å²) in [6, 6.07) is 40.0. The van der Waals surface area contributed by atoms with E-state index in [4.69, 9.17) is 19.6 Å². The molecule has 0 spiro atoms. The van der Waals surface area contributed by atoms with Gasteiger partial charge in [-0.2, -0.15) is 0 Å². The summed E-state index contributed by atoms with van der Waals surface area (Å²) < 4.78 is 0. The molecule has 0 aliphatic rings. The number of aryl methyl sites for hydroxylation is 3. The van der Waals surface area contributed by atoms with E-state index in [0.717, 1.165) is 90.9 Å². The second-order valence-corrected chi connectivity index (χ2v) is 15.1. The molecule has 0 saturated carbocycles. The number of aldehydes is 1. The van der Waals surface area contributed by atoms with E-state index in [1.165, 1.54) is 24.8 Å². The lowest BCUT2D eigenvalue weighted by Gasteiger charge is -2.09. The second-order valence-electron chi connectivity index (χ2n) is 15.1. The second kappa shape index (κ2) is 20.9. The third kappa shape index (κ3) is 10.6. The molecular weight excluding hydrogens is 777 g/mol. The van der Waals surface area contributed by atoms with Crippen molar-refractivity contribution in [1.29, 1.82) is 0 Å². The van der Waals surface area contributed by atoms with Gasteiger partial charge in [-0.05, 0) is 125 Å². The number of carbonyl (C=O) groups excluding carboxylic acids is 3. The highest BCUT2D eigenvalue weighted by atomic mass is 16.7. The number of hydrogen-bond donors (Lipinski definition) is 3. The Morgan fingerprint density at radius 1 is 0.629 bits per heavy atom. The molecule has 0 aliphatic carbocycles. The fourth-order valence-electron chi connectivity index (χ4n) is 7.48. The first-order valence-electron chi connectivity index (χ1n) is 20.6. The minimum Gasteiger partial charge on any atom is -0.399 e. The number of aromatic amines is 2. The Morgan fingerprint density at radius 2 is 1.10 bits per heavy atom. The van der Waals surface area contributed by atoms with Crippen molar-refractivity contribution in [3.63, 3.8) is 0 Å². The minimum absolute atomic E-state index is 0.0135. The van der Waals surface area contributed by atoms with Crippen LogP contribution in [0.1, 0.15) is 88.8 Å². The van der Waals surface area contributed by atoms with Gasteiger partial charge in [0, 0.05) is 72.8 Å². The number of unbranched alkanes of at least 4 members (excludes halogenated alkanes) is 1. The Hall–Kier alpha value is -7.17. The molecule has 0 radical (unpaired) electrons. The average molecular weight is 829 g/mol. The molecule has 62 heavy (non-hydrogen) atoms. The third-order valence-electron chi connectivity index (χ3n) is 10.7. The molecule has 6 aromatic carbocycles. The van der Waals surface area contributed by atoms with Crippen LogP contribution in [0.2, 0.25) is 0 Å². The fourth-order valence-corrected chi connectivity index (χ4v) is 7.48. The zero-order valence-corrected chi connectivity index (χ0v) is 36.0. The van der Waals surface area contributed by atoms with Crippen LogP contribution in [0.5, 0.6) is 0 Å². The summed E-state index contributed by atoms with van der Waals surface area (Å²) in [7, 11) is 1.57. The number of rotatable bonds is 12. The summed E-state index contributed by atoms with van der Waals surface area (Å²) in [6.45, 7) is 8.97. The molecule has 0 aliphatic heterocycles. The summed E-state index contributed by atoms with van der Waals surface area (Å²) in [5.74, 6) is -0.493. The molecular formula is C52H52N4O6. The van der Waals surface area contributed by atoms with Crippen molar-refractivity contribution in [2.45, 2.75) is 66.9 Å². The van der Waals surface area contributed by atoms with E-state index < -0.39 is 5.97 Å². The van der Waals surface area contributed by atoms with Crippen molar-refractivity contribution in [2.75, 3.05) is 7.11 Å². The summed E-state index contributed by atoms with van der Waals surface area (Å²) in [4.78, 5) is 51.4. The van der Waals surface area contributed by atoms with Gasteiger partial charge in [0.25, 0.3) is 0 Å². The van der Waals surface area contributed by atoms with Crippen LogP contribution in [0.15, 0.2) is 132 Å². The molecule has 2 aromatic heterocycles. The quantitative estimate of drug-likeness (QED) is 0.0279. The van der Waals surface area contributed by atoms with E-state index in [1.807, 2.05) is 92.7 Å². The van der Waals surface area contributed by atoms with Crippen molar-refractivity contribution in [1.82, 2.24) is 9.97 Å². The predicted octanol–water partition coefficient (Wildman–Crippen LogP) is 11.4. The Bertz CT molecular complexity index is 2940. The van der Waals surface area contributed by atoms with Crippen LogP contribution in [0.3, 0.4) is 0 Å². The van der Waals surface area contributed by atoms with Crippen molar-refractivity contribution in [3.05, 3.63) is 166 Å². The number of carbonyl (C=O) groups is 3. The SMILES string of the molecule is CC=O.CO/N=C(\CCCC/C(=N\OC(C)=O)c1ccc2[nH]c3ccc(C(=O)c4ccccc4C)cc3c2c1)c1ccc2[nH]c3ccc(C)cc3c2c1.Cc1ccccc1CO. The number of H-pyrrole nitrogens is 2. The van der Waals surface area contributed by atoms with Crippen LogP contribution >= 0.6 is 0 Å². The van der Waals surface area contributed by atoms with Crippen LogP contribution in [-0.2, 0) is 25.9 Å². The van der Waals surface area contributed by atoms with Gasteiger partial charge in [0.05, 0.1) is 18.0 Å². The number of aliphatic hydroxyl groups is 1. The molecule has 0 amide bonds. The first-order valence-corrected chi connectivity index (χ1v) is 20.6. The smallest absolute Gasteiger partial charge is 0.331 e. The molecule has 8 rings (SSSR count). The van der Waals surface area contributed by atoms with Crippen molar-refractivity contribution in [3.8, 4) is 0 Å². The average Bonchev–Trinajstić information content (AvgIpc) is 3.83. The number of hydrogen-bond acceptors (Lipinski definition) is 8. The highest BCUT2D eigenvalue weighted by Gasteiger charge is 2.16. The van der Waals surface area contributed by atoms with E-state index in [2.05, 4.69) is 69.7 Å². The standard InChI is InChI=1S/C42H38N4O4.C8H10O.C2H4O/c1-25-13-17-38-32(21-25)33-22-28(14-18-39(33)43-38)36(45-49-4)11-7-8-12-37(46-50-27(3)47)29-15-19-40-34(23-29)35-24-30(16-20-41(35)44-40)42(48)31-10-6-5-9-26(31)2;1-7-4-2-3-5-8(7)6-9;1-2-3/h5-6,9-10,13-24,43-44H,7-8,11-12H2,1-4H3;2-5,9H,6H2,1H3;2H,1H3/b45-36+,46-37+;;. The number of aromatic nitrogens is 2. The summed E-state index contributed by atoms with van der Waals surface area (Å²) in [5.41, 5.74) is 13.1. The van der Waals surface area contributed by atoms with Gasteiger partial charge in [0.1, 0.15) is 13.4 Å². The summed E-state index contributed by atoms with van der Waals surface area (Å²) in [5, 5.41) is 21.6. The van der Waals surface area contributed by atoms with Crippen molar-refractivity contribution >= 4 is 73.1 Å². The first-order chi connectivity index (χ1) is 30.0. The molecule has 0 atom stereocenters. The zero-order valence-electron chi connectivity index (χ0n) is 36.0.